The van der Waals surface area contributed by atoms with Crippen molar-refractivity contribution in [3.63, 3.8) is 0 Å². The van der Waals surface area contributed by atoms with E-state index in [9.17, 15) is 4.39 Å². The van der Waals surface area contributed by atoms with E-state index in [1.54, 1.807) is 12.1 Å². The van der Waals surface area contributed by atoms with Crippen LogP contribution in [-0.2, 0) is 5.54 Å². The van der Waals surface area contributed by atoms with Crippen LogP contribution < -0.4 is 0 Å². The van der Waals surface area contributed by atoms with E-state index in [4.69, 9.17) is 0 Å². The topological polar surface area (TPSA) is 31.9 Å². The minimum absolute atomic E-state index is 0.260. The summed E-state index contributed by atoms with van der Waals surface area (Å²) in [6.07, 6.45) is 7.83. The fraction of sp³-hybridized carbons (Fsp3) is 0.0541. The molecule has 4 aromatic carbocycles. The number of halogens is 1. The Kier molecular flexibility index (Phi) is 7.05. The first-order chi connectivity index (χ1) is 20.1. The molecule has 0 spiro atoms. The number of aromatic nitrogens is 2. The van der Waals surface area contributed by atoms with E-state index in [0.29, 0.717) is 0 Å². The van der Waals surface area contributed by atoms with Gasteiger partial charge in [-0.1, -0.05) is 116 Å². The predicted molar refractivity (Wildman–Crippen MR) is 167 cm³/mol. The molecule has 41 heavy (non-hydrogen) atoms. The number of hydrogen-bond donors (Lipinski definition) is 1. The summed E-state index contributed by atoms with van der Waals surface area (Å²) in [5, 5.41) is 0.969. The summed E-state index contributed by atoms with van der Waals surface area (Å²) in [5.74, 6) is -0.260. The van der Waals surface area contributed by atoms with Gasteiger partial charge in [-0.25, -0.2) is 9.37 Å². The van der Waals surface area contributed by atoms with Crippen molar-refractivity contribution in [2.24, 2.45) is 0 Å². The molecule has 6 rings (SSSR count). The molecule has 0 aliphatic heterocycles. The van der Waals surface area contributed by atoms with Crippen molar-refractivity contribution >= 4 is 16.6 Å². The highest BCUT2D eigenvalue weighted by molar-refractivity contribution is 5.95. The Morgan fingerprint density at radius 1 is 0.780 bits per heavy atom. The van der Waals surface area contributed by atoms with Gasteiger partial charge in [0, 0.05) is 42.2 Å². The molecule has 0 saturated carbocycles. The maximum Gasteiger partial charge on any atom is 0.137 e. The number of allylic oxidation sites excluding steroid dienone is 2. The molecule has 0 atom stereocenters. The van der Waals surface area contributed by atoms with Crippen molar-refractivity contribution < 1.29 is 4.39 Å². The van der Waals surface area contributed by atoms with E-state index < -0.39 is 5.54 Å². The number of H-pyrrole nitrogens is 1. The number of nitrogens with one attached hydrogen (secondary N) is 1. The number of pyridine rings is 1. The number of nitrogens with zero attached hydrogens (tertiary/aromatic N) is 2. The Bertz CT molecular complexity index is 1710. The summed E-state index contributed by atoms with van der Waals surface area (Å²) in [6.45, 7) is 4.20. The fourth-order valence-corrected chi connectivity index (χ4v) is 5.73. The van der Waals surface area contributed by atoms with Crippen molar-refractivity contribution in [1.29, 1.82) is 0 Å². The average molecular weight is 536 g/mol. The van der Waals surface area contributed by atoms with Crippen LogP contribution in [0.5, 0.6) is 0 Å². The standard InChI is InChI=1S/C37H30FN3/c1-3-27(35-25-40-36-34(35)23-29(24-39-36)28-19-21-33(38)22-20-28)26-41(2)37(30-13-7-4-8-14-30,31-15-9-5-10-16-31)32-17-11-6-12-18-32/h3-26H,1H2,2H3,(H,39,40)/b27-26+. The molecule has 200 valence electrons. The molecule has 0 fully saturated rings. The van der Waals surface area contributed by atoms with Gasteiger partial charge in [-0.05, 0) is 46.0 Å². The van der Waals surface area contributed by atoms with E-state index in [0.717, 1.165) is 50.0 Å². The largest absolute Gasteiger partial charge is 0.362 e. The van der Waals surface area contributed by atoms with Gasteiger partial charge < -0.3 is 9.88 Å². The number of fused-ring (bicyclic) bond motifs is 1. The number of rotatable bonds is 8. The summed E-state index contributed by atoms with van der Waals surface area (Å²) in [4.78, 5) is 10.3. The molecule has 2 aromatic heterocycles. The Balaban J connectivity index is 1.54. The lowest BCUT2D eigenvalue weighted by Crippen LogP contribution is -2.43. The molecule has 1 N–H and O–H groups in total. The maximum atomic E-state index is 13.6. The van der Waals surface area contributed by atoms with Crippen molar-refractivity contribution in [2.75, 3.05) is 7.05 Å². The molecule has 0 amide bonds. The third kappa shape index (κ3) is 4.74. The normalized spacial score (nSPS) is 11.9. The fourth-order valence-electron chi connectivity index (χ4n) is 5.73. The maximum absolute atomic E-state index is 13.6. The van der Waals surface area contributed by atoms with E-state index >= 15 is 0 Å². The first-order valence-corrected chi connectivity index (χ1v) is 13.6. The van der Waals surface area contributed by atoms with Crippen LogP contribution in [0.15, 0.2) is 153 Å². The number of hydrogen-bond acceptors (Lipinski definition) is 2. The second-order valence-electron chi connectivity index (χ2n) is 10.0. The molecule has 4 heteroatoms. The monoisotopic (exact) mass is 535 g/mol. The van der Waals surface area contributed by atoms with Crippen LogP contribution in [0.4, 0.5) is 4.39 Å². The van der Waals surface area contributed by atoms with Crippen LogP contribution in [-0.4, -0.2) is 21.9 Å². The Morgan fingerprint density at radius 2 is 1.32 bits per heavy atom. The van der Waals surface area contributed by atoms with Crippen LogP contribution in [0.1, 0.15) is 22.3 Å². The van der Waals surface area contributed by atoms with Gasteiger partial charge in [0.05, 0.1) is 0 Å². The first-order valence-electron chi connectivity index (χ1n) is 13.6. The van der Waals surface area contributed by atoms with E-state index in [2.05, 4.69) is 114 Å². The van der Waals surface area contributed by atoms with Crippen molar-refractivity contribution in [3.8, 4) is 11.1 Å². The summed E-state index contributed by atoms with van der Waals surface area (Å²) >= 11 is 0. The zero-order valence-electron chi connectivity index (χ0n) is 22.8. The summed E-state index contributed by atoms with van der Waals surface area (Å²) in [6, 6.07) is 40.4. The van der Waals surface area contributed by atoms with Crippen molar-refractivity contribution in [2.45, 2.75) is 5.54 Å². The van der Waals surface area contributed by atoms with Crippen LogP contribution in [0.3, 0.4) is 0 Å². The molecular formula is C37H30FN3. The molecule has 2 heterocycles. The number of benzene rings is 4. The van der Waals surface area contributed by atoms with Gasteiger partial charge in [-0.2, -0.15) is 0 Å². The van der Waals surface area contributed by atoms with Crippen LogP contribution in [0.25, 0.3) is 27.7 Å². The van der Waals surface area contributed by atoms with Gasteiger partial charge in [0.15, 0.2) is 0 Å². The molecular weight excluding hydrogens is 505 g/mol. The minimum atomic E-state index is -0.609. The van der Waals surface area contributed by atoms with Crippen LogP contribution in [0, 0.1) is 5.82 Å². The van der Waals surface area contributed by atoms with Crippen LogP contribution >= 0.6 is 0 Å². The molecule has 0 bridgehead atoms. The second-order valence-corrected chi connectivity index (χ2v) is 10.0. The predicted octanol–water partition coefficient (Wildman–Crippen LogP) is 8.82. The van der Waals surface area contributed by atoms with E-state index in [1.165, 1.54) is 12.1 Å². The van der Waals surface area contributed by atoms with E-state index in [-0.39, 0.29) is 5.82 Å². The average Bonchev–Trinajstić information content (AvgIpc) is 3.45. The Morgan fingerprint density at radius 3 is 1.83 bits per heavy atom. The third-order valence-electron chi connectivity index (χ3n) is 7.68. The molecule has 0 radical (unpaired) electrons. The van der Waals surface area contributed by atoms with Crippen molar-refractivity contribution in [3.05, 3.63) is 181 Å². The van der Waals surface area contributed by atoms with Gasteiger partial charge in [0.1, 0.15) is 17.0 Å². The van der Waals surface area contributed by atoms with Crippen LogP contribution in [0.2, 0.25) is 0 Å². The van der Waals surface area contributed by atoms with Gasteiger partial charge in [0.25, 0.3) is 0 Å². The lowest BCUT2D eigenvalue weighted by molar-refractivity contribution is 0.282. The van der Waals surface area contributed by atoms with E-state index in [1.807, 2.05) is 36.7 Å². The van der Waals surface area contributed by atoms with Gasteiger partial charge in [0.2, 0.25) is 0 Å². The highest BCUT2D eigenvalue weighted by Crippen LogP contribution is 2.43. The summed E-state index contributed by atoms with van der Waals surface area (Å²) in [7, 11) is 2.12. The molecule has 0 aliphatic carbocycles. The molecule has 0 unspecified atom stereocenters. The summed E-state index contributed by atoms with van der Waals surface area (Å²) < 4.78 is 13.6. The lowest BCUT2D eigenvalue weighted by Gasteiger charge is -2.43. The zero-order chi connectivity index (χ0) is 28.2. The highest BCUT2D eigenvalue weighted by Gasteiger charge is 2.39. The van der Waals surface area contributed by atoms with Gasteiger partial charge in [-0.15, -0.1) is 0 Å². The van der Waals surface area contributed by atoms with Gasteiger partial charge in [-0.3, -0.25) is 0 Å². The highest BCUT2D eigenvalue weighted by atomic mass is 19.1. The Labute approximate surface area is 240 Å². The molecule has 6 aromatic rings. The lowest BCUT2D eigenvalue weighted by atomic mass is 9.76. The smallest absolute Gasteiger partial charge is 0.137 e. The first kappa shape index (κ1) is 26.0. The van der Waals surface area contributed by atoms with Crippen molar-refractivity contribution in [1.82, 2.24) is 14.9 Å². The Hall–Kier alpha value is -5.22. The SMILES string of the molecule is C=C/C(=C\N(C)C(c1ccccc1)(c1ccccc1)c1ccccc1)c1c[nH]c2ncc(-c3ccc(F)cc3)cc12. The molecule has 3 nitrogen and oxygen atoms in total. The quantitative estimate of drug-likeness (QED) is 0.156. The second kappa shape index (κ2) is 11.1. The molecule has 0 aliphatic rings. The minimum Gasteiger partial charge on any atom is -0.362 e. The molecule has 0 saturated heterocycles. The number of aromatic amines is 1. The third-order valence-corrected chi connectivity index (χ3v) is 7.68. The zero-order valence-corrected chi connectivity index (χ0v) is 22.8. The van der Waals surface area contributed by atoms with Gasteiger partial charge >= 0.3 is 0 Å². The summed E-state index contributed by atoms with van der Waals surface area (Å²) in [5.41, 5.74) is 7.39.